The van der Waals surface area contributed by atoms with Crippen LogP contribution >= 0.6 is 0 Å². The van der Waals surface area contributed by atoms with Gasteiger partial charge in [-0.25, -0.2) is 0 Å². The van der Waals surface area contributed by atoms with E-state index in [-0.39, 0.29) is 123 Å². The summed E-state index contributed by atoms with van der Waals surface area (Å²) in [5, 5.41) is 0. The Morgan fingerprint density at radius 2 is 0.421 bits per heavy atom. The van der Waals surface area contributed by atoms with Gasteiger partial charge in [-0.1, -0.05) is 34.5 Å². The number of carbonyl (C=O) groups excluding carboxylic acids is 6. The molecule has 0 fully saturated rings. The number of esters is 6. The van der Waals surface area contributed by atoms with Crippen LogP contribution in [0.25, 0.3) is 0 Å². The van der Waals surface area contributed by atoms with Crippen molar-refractivity contribution in [2.24, 2.45) is 0 Å². The first-order chi connectivity index (χ1) is 17.1. The molecule has 4 radical (unpaired) electrons. The number of hydrogen-bond acceptors (Lipinski definition) is 18. The van der Waals surface area contributed by atoms with Gasteiger partial charge < -0.3 is 104 Å². The molecule has 0 aromatic carbocycles. The zero-order chi connectivity index (χ0) is 28.2. The van der Waals surface area contributed by atoms with Gasteiger partial charge in [-0.05, 0) is 0 Å². The molecule has 12 nitrogen and oxygen atoms in total. The molecule has 38 heavy (non-hydrogen) atoms. The van der Waals surface area contributed by atoms with Crippen LogP contribution in [0.4, 0.5) is 0 Å². The quantitative estimate of drug-likeness (QED) is 0.0531. The maximum absolute atomic E-state index is 10.4. The Morgan fingerprint density at radius 1 is 0.316 bits per heavy atom. The molecule has 0 aromatic heterocycles. The fourth-order valence-corrected chi connectivity index (χ4v) is 1.68. The molecule has 0 atom stereocenters. The molecule has 0 N–H and O–H groups in total. The molecule has 20 heteroatoms. The van der Waals surface area contributed by atoms with Gasteiger partial charge in [0.2, 0.25) is 0 Å². The Kier molecular flexibility index (Phi) is 47.7. The van der Waals surface area contributed by atoms with Crippen LogP contribution in [0, 0.1) is 0 Å². The monoisotopic (exact) mass is 866 g/mol. The number of carbonyl (C=O) groups is 6. The fraction of sp³-hybridized carbons (Fsp3) is 0.667. The maximum atomic E-state index is 10.4. The summed E-state index contributed by atoms with van der Waals surface area (Å²) in [6, 6.07) is 0. The standard InChI is InChI=1S/3C6H10O4S2.2Sb/c3*7-5(3-11)9-1-2-10-6(8)4-12;;/h3*11-12H,1-4H2;;/q;;;2*+3/p-6. The average Bonchev–Trinajstić information content (AvgIpc) is 2.90. The topological polar surface area (TPSA) is 158 Å². The van der Waals surface area contributed by atoms with Crippen LogP contribution in [0.5, 0.6) is 0 Å². The zero-order valence-corrected chi connectivity index (χ0v) is 29.7. The SMILES string of the molecule is O=C(C[S-])OCCOC(=O)C[S-].O=C(C[S-])OCCOC(=O)C[S-].O=C(C[S-])OCCOC(=O)C[S-].[Sb+3].[Sb+3]. The van der Waals surface area contributed by atoms with E-state index in [2.05, 4.69) is 104 Å². The van der Waals surface area contributed by atoms with Gasteiger partial charge in [-0.15, -0.1) is 0 Å². The van der Waals surface area contributed by atoms with E-state index in [1.165, 1.54) is 0 Å². The van der Waals surface area contributed by atoms with Gasteiger partial charge in [-0.2, -0.15) is 0 Å². The Hall–Kier alpha value is 0.556. The Labute approximate surface area is 289 Å². The second-order valence-electron chi connectivity index (χ2n) is 5.19. The van der Waals surface area contributed by atoms with Crippen molar-refractivity contribution in [2.75, 3.05) is 74.2 Å². The number of ether oxygens (including phenoxy) is 6. The summed E-state index contributed by atoms with van der Waals surface area (Å²) in [6.45, 7) is 0.229. The van der Waals surface area contributed by atoms with Crippen molar-refractivity contribution in [3.05, 3.63) is 0 Å². The van der Waals surface area contributed by atoms with E-state index in [9.17, 15) is 28.8 Å². The van der Waals surface area contributed by atoms with E-state index in [1.807, 2.05) is 0 Å². The Bertz CT molecular complexity index is 522. The van der Waals surface area contributed by atoms with Crippen LogP contribution in [-0.4, -0.2) is 159 Å². The fourth-order valence-electron chi connectivity index (χ4n) is 1.18. The first-order valence-corrected chi connectivity index (χ1v) is 13.0. The van der Waals surface area contributed by atoms with Crippen molar-refractivity contribution in [3.8, 4) is 0 Å². The van der Waals surface area contributed by atoms with Gasteiger partial charge in [0.15, 0.2) is 0 Å². The third kappa shape index (κ3) is 41.0. The van der Waals surface area contributed by atoms with Gasteiger partial charge in [0.1, 0.15) is 39.6 Å². The van der Waals surface area contributed by atoms with Gasteiger partial charge in [0, 0.05) is 0 Å². The van der Waals surface area contributed by atoms with Crippen molar-refractivity contribution in [1.82, 2.24) is 0 Å². The molecular weight excluding hydrogens is 844 g/mol. The van der Waals surface area contributed by atoms with E-state index >= 15 is 0 Å². The van der Waals surface area contributed by atoms with Crippen molar-refractivity contribution < 1.29 is 57.2 Å². The molecular formula is C18H24O12S6Sb2. The van der Waals surface area contributed by atoms with E-state index in [0.29, 0.717) is 0 Å². The second kappa shape index (κ2) is 37.6. The molecule has 0 aliphatic rings. The summed E-state index contributed by atoms with van der Waals surface area (Å²) in [4.78, 5) is 62.6. The van der Waals surface area contributed by atoms with Crippen molar-refractivity contribution >= 4 is 160 Å². The third-order valence-corrected chi connectivity index (χ3v) is 3.95. The van der Waals surface area contributed by atoms with Gasteiger partial charge in [0.25, 0.3) is 35.8 Å². The molecule has 0 saturated carbocycles. The molecule has 0 saturated heterocycles. The molecule has 0 aliphatic carbocycles. The predicted molar refractivity (Wildman–Crippen MR) is 151 cm³/mol. The van der Waals surface area contributed by atoms with E-state index in [1.54, 1.807) is 0 Å². The van der Waals surface area contributed by atoms with Crippen LogP contribution in [0.2, 0.25) is 0 Å². The van der Waals surface area contributed by atoms with E-state index < -0.39 is 35.8 Å². The molecule has 0 amide bonds. The van der Waals surface area contributed by atoms with Gasteiger partial charge in [0.05, 0.1) is 0 Å². The number of hydrogen-bond donors (Lipinski definition) is 0. The smallest absolute Gasteiger partial charge is 0.782 e. The van der Waals surface area contributed by atoms with Crippen LogP contribution in [0.1, 0.15) is 0 Å². The molecule has 0 aromatic rings. The van der Waals surface area contributed by atoms with Crippen LogP contribution in [-0.2, 0) is 133 Å². The van der Waals surface area contributed by atoms with Crippen LogP contribution in [0.3, 0.4) is 0 Å². The Morgan fingerprint density at radius 3 is 0.500 bits per heavy atom. The van der Waals surface area contributed by atoms with Crippen LogP contribution in [0.15, 0.2) is 0 Å². The third-order valence-electron chi connectivity index (χ3n) is 2.54. The van der Waals surface area contributed by atoms with Crippen molar-refractivity contribution in [2.45, 2.75) is 0 Å². The van der Waals surface area contributed by atoms with Gasteiger partial charge in [-0.3, -0.25) is 28.8 Å². The normalized spacial score (nSPS) is 8.68. The maximum Gasteiger partial charge on any atom is 3.00 e. The average molecular weight is 868 g/mol. The second-order valence-corrected chi connectivity index (χ2v) is 6.92. The molecule has 0 heterocycles. The Balaban J connectivity index is -0.000000140. The molecule has 0 bridgehead atoms. The minimum absolute atomic E-state index is 0. The zero-order valence-electron chi connectivity index (χ0n) is 19.7. The van der Waals surface area contributed by atoms with E-state index in [0.717, 1.165) is 0 Å². The van der Waals surface area contributed by atoms with Gasteiger partial charge >= 0.3 is 48.9 Å². The van der Waals surface area contributed by atoms with Crippen molar-refractivity contribution in [1.29, 1.82) is 0 Å². The predicted octanol–water partition coefficient (Wildman–Crippen LogP) is -3.26. The summed E-state index contributed by atoms with van der Waals surface area (Å²) in [5.74, 6) is -3.45. The van der Waals surface area contributed by atoms with Crippen LogP contribution < -0.4 is 0 Å². The summed E-state index contributed by atoms with van der Waals surface area (Å²) in [6.07, 6.45) is 0. The molecule has 0 rings (SSSR count). The summed E-state index contributed by atoms with van der Waals surface area (Å²) < 4.78 is 27.2. The minimum atomic E-state index is -0.487. The summed E-state index contributed by atoms with van der Waals surface area (Å²) >= 11 is 26.4. The largest absolute Gasteiger partial charge is 3.00 e. The molecule has 0 spiro atoms. The molecule has 0 unspecified atom stereocenters. The summed E-state index contributed by atoms with van der Waals surface area (Å²) in [5.41, 5.74) is 0. The first-order valence-electron chi connectivity index (χ1n) is 9.53. The van der Waals surface area contributed by atoms with E-state index in [4.69, 9.17) is 0 Å². The first kappa shape index (κ1) is 48.3. The van der Waals surface area contributed by atoms with Crippen molar-refractivity contribution in [3.63, 3.8) is 0 Å². The summed E-state index contributed by atoms with van der Waals surface area (Å²) in [7, 11) is 0. The number of rotatable bonds is 15. The molecule has 0 aliphatic heterocycles. The minimum Gasteiger partial charge on any atom is -0.782 e. The molecule has 214 valence electrons.